The van der Waals surface area contributed by atoms with E-state index in [1.54, 1.807) is 0 Å². The van der Waals surface area contributed by atoms with Gasteiger partial charge in [-0.1, -0.05) is 0 Å². The third-order valence-corrected chi connectivity index (χ3v) is 0.675. The van der Waals surface area contributed by atoms with Crippen LogP contribution in [0.4, 0.5) is 0 Å². The van der Waals surface area contributed by atoms with Crippen LogP contribution in [0.15, 0.2) is 0 Å². The second-order valence-corrected chi connectivity index (χ2v) is 1.28. The Morgan fingerprint density at radius 3 is 2.20 bits per heavy atom. The fourth-order valence-electron chi connectivity index (χ4n) is 0.158. The molecule has 0 aliphatic heterocycles. The van der Waals surface area contributed by atoms with E-state index in [2.05, 4.69) is 0 Å². The van der Waals surface area contributed by atoms with Crippen LogP contribution in [0.3, 0.4) is 0 Å². The van der Waals surface area contributed by atoms with Crippen molar-refractivity contribution < 1.29 is 4.79 Å². The number of hydrogen-bond acceptors (Lipinski definition) is 2. The van der Waals surface area contributed by atoms with Crippen LogP contribution in [0.1, 0.15) is 6.42 Å². The molecular weight excluding hydrogens is 66.0 g/mol. The van der Waals surface area contributed by atoms with E-state index in [0.717, 1.165) is 0 Å². The maximum Gasteiger partial charge on any atom is 0.151 e. The van der Waals surface area contributed by atoms with Gasteiger partial charge in [-0.25, -0.2) is 0 Å². The quantitative estimate of drug-likeness (QED) is 0.410. The third kappa shape index (κ3) is 0.304. The molecular formula is C3H5NO. The van der Waals surface area contributed by atoms with Crippen molar-refractivity contribution in [2.75, 3.05) is 0 Å². The number of carbonyl (C=O) groups is 1. The van der Waals surface area contributed by atoms with E-state index < -0.39 is 0 Å². The fourth-order valence-corrected chi connectivity index (χ4v) is 0.158. The molecule has 2 heteroatoms. The number of nitrogens with two attached hydrogens (primary N) is 1. The third-order valence-electron chi connectivity index (χ3n) is 0.675. The predicted octanol–water partition coefficient (Wildman–Crippen LogP) is -0.714. The highest BCUT2D eigenvalue weighted by atomic mass is 16.1. The van der Waals surface area contributed by atoms with Gasteiger partial charge in [-0.05, 0) is 0 Å². The molecule has 2 N–H and O–H groups in total. The summed E-state index contributed by atoms with van der Waals surface area (Å²) < 4.78 is 0. The van der Waals surface area contributed by atoms with Crippen molar-refractivity contribution >= 4 is 5.78 Å². The molecule has 1 aliphatic carbocycles. The van der Waals surface area contributed by atoms with E-state index in [1.807, 2.05) is 0 Å². The lowest BCUT2D eigenvalue weighted by Crippen LogP contribution is -1.99. The Balaban J connectivity index is 2.47. The second kappa shape index (κ2) is 0.571. The highest BCUT2D eigenvalue weighted by molar-refractivity contribution is 5.99. The Kier molecular flexibility index (Phi) is 0.325. The second-order valence-electron chi connectivity index (χ2n) is 1.28. The lowest BCUT2D eigenvalue weighted by Gasteiger charge is -1.56. The molecule has 1 fully saturated rings. The number of hydrogen-bond donors (Lipinski definition) is 1. The SMILES string of the molecule is NC1CC1=O. The Hall–Kier alpha value is -0.370. The summed E-state index contributed by atoms with van der Waals surface area (Å²) in [4.78, 5) is 9.76. The summed E-state index contributed by atoms with van der Waals surface area (Å²) in [6.45, 7) is 0. The normalized spacial score (nSPS) is 34.6. The molecule has 1 rings (SSSR count). The average molecular weight is 71.1 g/mol. The van der Waals surface area contributed by atoms with E-state index in [4.69, 9.17) is 5.73 Å². The van der Waals surface area contributed by atoms with Crippen molar-refractivity contribution in [3.63, 3.8) is 0 Å². The lowest BCUT2D eigenvalue weighted by molar-refractivity contribution is -0.110. The number of carbonyl (C=O) groups excluding carboxylic acids is 1. The van der Waals surface area contributed by atoms with Gasteiger partial charge in [0, 0.05) is 6.42 Å². The van der Waals surface area contributed by atoms with E-state index >= 15 is 0 Å². The van der Waals surface area contributed by atoms with E-state index in [-0.39, 0.29) is 11.8 Å². The summed E-state index contributed by atoms with van der Waals surface area (Å²) in [6, 6.07) is -0.0880. The zero-order chi connectivity index (χ0) is 3.86. The zero-order valence-corrected chi connectivity index (χ0v) is 2.77. The number of rotatable bonds is 0. The van der Waals surface area contributed by atoms with E-state index in [9.17, 15) is 4.79 Å². The van der Waals surface area contributed by atoms with Gasteiger partial charge >= 0.3 is 0 Å². The summed E-state index contributed by atoms with van der Waals surface area (Å²) in [6.07, 6.45) is 0.611. The highest BCUT2D eigenvalue weighted by Gasteiger charge is 2.29. The molecule has 1 saturated carbocycles. The first kappa shape index (κ1) is 2.85. The molecule has 0 spiro atoms. The molecule has 0 heterocycles. The van der Waals surface area contributed by atoms with Crippen LogP contribution in [0.25, 0.3) is 0 Å². The summed E-state index contributed by atoms with van der Waals surface area (Å²) in [7, 11) is 0. The molecule has 0 bridgehead atoms. The smallest absolute Gasteiger partial charge is 0.151 e. The summed E-state index contributed by atoms with van der Waals surface area (Å²) in [5.74, 6) is 0.199. The molecule has 5 heavy (non-hydrogen) atoms. The molecule has 0 aromatic carbocycles. The van der Waals surface area contributed by atoms with Gasteiger partial charge in [-0.3, -0.25) is 4.79 Å². The number of ketones is 1. The predicted molar refractivity (Wildman–Crippen MR) is 17.6 cm³/mol. The Morgan fingerprint density at radius 1 is 2.00 bits per heavy atom. The molecule has 1 aliphatic rings. The monoisotopic (exact) mass is 71.0 g/mol. The standard InChI is InChI=1S/C3H5NO/c4-2-1-3(2)5/h2H,1,4H2. The van der Waals surface area contributed by atoms with Crippen molar-refractivity contribution in [1.29, 1.82) is 0 Å². The fraction of sp³-hybridized carbons (Fsp3) is 0.667. The van der Waals surface area contributed by atoms with Gasteiger partial charge in [0.25, 0.3) is 0 Å². The van der Waals surface area contributed by atoms with E-state index in [0.29, 0.717) is 6.42 Å². The summed E-state index contributed by atoms with van der Waals surface area (Å²) >= 11 is 0. The van der Waals surface area contributed by atoms with Crippen LogP contribution in [-0.4, -0.2) is 11.8 Å². The molecule has 0 saturated heterocycles. The Labute approximate surface area is 30.0 Å². The van der Waals surface area contributed by atoms with Crippen LogP contribution in [0.2, 0.25) is 0 Å². The Morgan fingerprint density at radius 2 is 2.20 bits per heavy atom. The first-order valence-corrected chi connectivity index (χ1v) is 1.59. The molecule has 0 radical (unpaired) electrons. The first-order valence-electron chi connectivity index (χ1n) is 1.59. The van der Waals surface area contributed by atoms with Crippen LogP contribution < -0.4 is 5.73 Å². The van der Waals surface area contributed by atoms with Gasteiger partial charge in [0.05, 0.1) is 6.04 Å². The molecule has 0 amide bonds. The van der Waals surface area contributed by atoms with Crippen molar-refractivity contribution in [3.05, 3.63) is 0 Å². The molecule has 0 aromatic rings. The summed E-state index contributed by atoms with van der Waals surface area (Å²) in [5, 5.41) is 0. The van der Waals surface area contributed by atoms with Crippen LogP contribution >= 0.6 is 0 Å². The summed E-state index contributed by atoms with van der Waals surface area (Å²) in [5.41, 5.74) is 5.02. The zero-order valence-electron chi connectivity index (χ0n) is 2.77. The molecule has 28 valence electrons. The van der Waals surface area contributed by atoms with Crippen LogP contribution in [0.5, 0.6) is 0 Å². The van der Waals surface area contributed by atoms with Gasteiger partial charge in [0.15, 0.2) is 5.78 Å². The minimum Gasteiger partial charge on any atom is -0.321 e. The van der Waals surface area contributed by atoms with Crippen molar-refractivity contribution in [2.24, 2.45) is 5.73 Å². The maximum atomic E-state index is 9.76. The van der Waals surface area contributed by atoms with Crippen LogP contribution in [0, 0.1) is 0 Å². The average Bonchev–Trinajstić information content (AvgIpc) is 1.79. The minimum atomic E-state index is -0.0880. The van der Waals surface area contributed by atoms with Crippen molar-refractivity contribution in [3.8, 4) is 0 Å². The van der Waals surface area contributed by atoms with E-state index in [1.165, 1.54) is 0 Å². The van der Waals surface area contributed by atoms with Gasteiger partial charge in [0.2, 0.25) is 0 Å². The van der Waals surface area contributed by atoms with Gasteiger partial charge in [-0.2, -0.15) is 0 Å². The molecule has 1 unspecified atom stereocenters. The lowest BCUT2D eigenvalue weighted by atomic mass is 10.8. The molecule has 1 atom stereocenters. The topological polar surface area (TPSA) is 43.1 Å². The Bertz CT molecular complexity index is 69.3. The molecule has 2 nitrogen and oxygen atoms in total. The molecule has 0 aromatic heterocycles. The highest BCUT2D eigenvalue weighted by Crippen LogP contribution is 2.07. The maximum absolute atomic E-state index is 9.76. The van der Waals surface area contributed by atoms with Gasteiger partial charge in [0.1, 0.15) is 0 Å². The minimum absolute atomic E-state index is 0.0880. The van der Waals surface area contributed by atoms with Crippen molar-refractivity contribution in [2.45, 2.75) is 12.5 Å². The number of Topliss-reactive ketones (excluding diaryl/α,β-unsaturated/α-hetero) is 1. The van der Waals surface area contributed by atoms with Crippen molar-refractivity contribution in [1.82, 2.24) is 0 Å². The van der Waals surface area contributed by atoms with Gasteiger partial charge in [-0.15, -0.1) is 0 Å². The largest absolute Gasteiger partial charge is 0.321 e. The van der Waals surface area contributed by atoms with Gasteiger partial charge < -0.3 is 5.73 Å². The first-order chi connectivity index (χ1) is 2.30. The van der Waals surface area contributed by atoms with Crippen LogP contribution in [-0.2, 0) is 4.79 Å².